The molecule has 0 fully saturated rings. The third-order valence-corrected chi connectivity index (χ3v) is 1.86. The molecule has 4 heteroatoms. The maximum absolute atomic E-state index is 12.8. The molecule has 0 heterocycles. The Morgan fingerprint density at radius 1 is 1.38 bits per heavy atom. The summed E-state index contributed by atoms with van der Waals surface area (Å²) in [7, 11) is 0. The molecule has 1 rings (SSSR count). The summed E-state index contributed by atoms with van der Waals surface area (Å²) in [5, 5.41) is 17.9. The van der Waals surface area contributed by atoms with Crippen molar-refractivity contribution in [1.29, 1.82) is 0 Å². The Kier molecular flexibility index (Phi) is 2.83. The lowest BCUT2D eigenvalue weighted by atomic mass is 10.0. The van der Waals surface area contributed by atoms with Crippen LogP contribution in [0.3, 0.4) is 0 Å². The van der Waals surface area contributed by atoms with Crippen LogP contribution >= 0.6 is 0 Å². The first-order chi connectivity index (χ1) is 6.06. The fourth-order valence-corrected chi connectivity index (χ4v) is 1.06. The molecule has 0 amide bonds. The van der Waals surface area contributed by atoms with Gasteiger partial charge in [-0.3, -0.25) is 0 Å². The molecular formula is C9H10F2O2. The average Bonchev–Trinajstić information content (AvgIpc) is 2.10. The van der Waals surface area contributed by atoms with Crippen molar-refractivity contribution in [2.75, 3.05) is 6.61 Å². The number of halogens is 2. The molecule has 0 radical (unpaired) electrons. The highest BCUT2D eigenvalue weighted by Crippen LogP contribution is 2.28. The van der Waals surface area contributed by atoms with E-state index in [0.717, 1.165) is 6.07 Å². The predicted octanol–water partition coefficient (Wildman–Crippen LogP) is 1.77. The average molecular weight is 188 g/mol. The minimum atomic E-state index is -1.00. The molecule has 0 spiro atoms. The van der Waals surface area contributed by atoms with Gasteiger partial charge in [0, 0.05) is 24.2 Å². The van der Waals surface area contributed by atoms with Crippen molar-refractivity contribution in [2.24, 2.45) is 0 Å². The summed E-state index contributed by atoms with van der Waals surface area (Å²) in [4.78, 5) is 0. The number of hydrogen-bond donors (Lipinski definition) is 2. The molecule has 13 heavy (non-hydrogen) atoms. The molecule has 72 valence electrons. The van der Waals surface area contributed by atoms with E-state index in [1.807, 2.05) is 0 Å². The third-order valence-electron chi connectivity index (χ3n) is 1.86. The van der Waals surface area contributed by atoms with Gasteiger partial charge in [0.25, 0.3) is 0 Å². The molecule has 1 aromatic carbocycles. The lowest BCUT2D eigenvalue weighted by molar-refractivity contribution is 0.269. The van der Waals surface area contributed by atoms with Crippen LogP contribution in [0.4, 0.5) is 8.78 Å². The second-order valence-electron chi connectivity index (χ2n) is 2.91. The van der Waals surface area contributed by atoms with Crippen LogP contribution < -0.4 is 0 Å². The molecule has 2 N–H and O–H groups in total. The van der Waals surface area contributed by atoms with Crippen LogP contribution in [0.5, 0.6) is 5.75 Å². The normalized spacial score (nSPS) is 12.9. The van der Waals surface area contributed by atoms with Crippen LogP contribution in [0.25, 0.3) is 0 Å². The van der Waals surface area contributed by atoms with Gasteiger partial charge in [-0.25, -0.2) is 8.78 Å². The van der Waals surface area contributed by atoms with E-state index >= 15 is 0 Å². The van der Waals surface area contributed by atoms with E-state index in [4.69, 9.17) is 5.11 Å². The second-order valence-corrected chi connectivity index (χ2v) is 2.91. The van der Waals surface area contributed by atoms with E-state index < -0.39 is 23.3 Å². The van der Waals surface area contributed by atoms with Crippen molar-refractivity contribution in [1.82, 2.24) is 0 Å². The molecule has 1 aromatic rings. The molecule has 0 aliphatic rings. The van der Waals surface area contributed by atoms with Crippen LogP contribution in [0.2, 0.25) is 0 Å². The zero-order valence-corrected chi connectivity index (χ0v) is 7.09. The van der Waals surface area contributed by atoms with E-state index in [-0.39, 0.29) is 12.2 Å². The van der Waals surface area contributed by atoms with E-state index in [2.05, 4.69) is 0 Å². The molecule has 0 aliphatic heterocycles. The van der Waals surface area contributed by atoms with Crippen molar-refractivity contribution >= 4 is 0 Å². The fraction of sp³-hybridized carbons (Fsp3) is 0.333. The molecule has 0 aromatic heterocycles. The summed E-state index contributed by atoms with van der Waals surface area (Å²) >= 11 is 0. The minimum Gasteiger partial charge on any atom is -0.505 e. The summed E-state index contributed by atoms with van der Waals surface area (Å²) in [6.45, 7) is 1.30. The SMILES string of the molecule is CC(CO)c1cc(F)cc(F)c1O. The first-order valence-corrected chi connectivity index (χ1v) is 3.85. The number of phenols is 1. The Morgan fingerprint density at radius 3 is 2.54 bits per heavy atom. The molecule has 0 bridgehead atoms. The number of aliphatic hydroxyl groups is 1. The van der Waals surface area contributed by atoms with E-state index in [9.17, 15) is 13.9 Å². The van der Waals surface area contributed by atoms with Gasteiger partial charge < -0.3 is 10.2 Å². The van der Waals surface area contributed by atoms with Gasteiger partial charge >= 0.3 is 0 Å². The zero-order valence-electron chi connectivity index (χ0n) is 7.09. The predicted molar refractivity (Wildman–Crippen MR) is 43.5 cm³/mol. The van der Waals surface area contributed by atoms with E-state index in [0.29, 0.717) is 6.07 Å². The van der Waals surface area contributed by atoms with Crippen molar-refractivity contribution in [3.63, 3.8) is 0 Å². The maximum atomic E-state index is 12.8. The second kappa shape index (κ2) is 3.70. The van der Waals surface area contributed by atoms with Gasteiger partial charge in [-0.2, -0.15) is 0 Å². The third kappa shape index (κ3) is 1.95. The van der Waals surface area contributed by atoms with Gasteiger partial charge in [-0.1, -0.05) is 6.92 Å². The number of phenolic OH excluding ortho intramolecular Hbond substituents is 1. The van der Waals surface area contributed by atoms with Crippen LogP contribution in [-0.2, 0) is 0 Å². The van der Waals surface area contributed by atoms with Crippen LogP contribution in [-0.4, -0.2) is 16.8 Å². The number of rotatable bonds is 2. The van der Waals surface area contributed by atoms with Gasteiger partial charge in [0.15, 0.2) is 11.6 Å². The quantitative estimate of drug-likeness (QED) is 0.742. The lowest BCUT2D eigenvalue weighted by Gasteiger charge is -2.10. The zero-order chi connectivity index (χ0) is 10.0. The standard InChI is InChI=1S/C9H10F2O2/c1-5(4-12)7-2-6(10)3-8(11)9(7)13/h2-3,5,12-13H,4H2,1H3. The van der Waals surface area contributed by atoms with Crippen LogP contribution in [0.15, 0.2) is 12.1 Å². The summed E-state index contributed by atoms with van der Waals surface area (Å²) in [6.07, 6.45) is 0. The Morgan fingerprint density at radius 2 is 2.00 bits per heavy atom. The van der Waals surface area contributed by atoms with Crippen LogP contribution in [0, 0.1) is 11.6 Å². The number of benzene rings is 1. The molecule has 0 saturated heterocycles. The van der Waals surface area contributed by atoms with E-state index in [1.54, 1.807) is 6.92 Å². The first-order valence-electron chi connectivity index (χ1n) is 3.85. The van der Waals surface area contributed by atoms with Crippen molar-refractivity contribution in [3.8, 4) is 5.75 Å². The Hall–Kier alpha value is -1.16. The highest BCUT2D eigenvalue weighted by atomic mass is 19.1. The monoisotopic (exact) mass is 188 g/mol. The van der Waals surface area contributed by atoms with Crippen molar-refractivity contribution in [3.05, 3.63) is 29.3 Å². The molecule has 2 nitrogen and oxygen atoms in total. The smallest absolute Gasteiger partial charge is 0.168 e. The summed E-state index contributed by atoms with van der Waals surface area (Å²) < 4.78 is 25.4. The highest BCUT2D eigenvalue weighted by Gasteiger charge is 2.14. The molecule has 0 aliphatic carbocycles. The van der Waals surface area contributed by atoms with Crippen molar-refractivity contribution < 1.29 is 19.0 Å². The minimum absolute atomic E-state index is 0.0833. The van der Waals surface area contributed by atoms with Crippen LogP contribution in [0.1, 0.15) is 18.4 Å². The topological polar surface area (TPSA) is 40.5 Å². The molecule has 0 saturated carbocycles. The number of aliphatic hydroxyl groups excluding tert-OH is 1. The molecule has 1 atom stereocenters. The Balaban J connectivity index is 3.20. The van der Waals surface area contributed by atoms with Gasteiger partial charge in [0.05, 0.1) is 0 Å². The largest absolute Gasteiger partial charge is 0.505 e. The number of aromatic hydroxyl groups is 1. The van der Waals surface area contributed by atoms with E-state index in [1.165, 1.54) is 0 Å². The van der Waals surface area contributed by atoms with Gasteiger partial charge in [0.2, 0.25) is 0 Å². The Bertz CT molecular complexity index is 313. The summed E-state index contributed by atoms with van der Waals surface area (Å²) in [5.74, 6) is -2.84. The lowest BCUT2D eigenvalue weighted by Crippen LogP contribution is -2.01. The highest BCUT2D eigenvalue weighted by molar-refractivity contribution is 5.36. The van der Waals surface area contributed by atoms with Crippen molar-refractivity contribution in [2.45, 2.75) is 12.8 Å². The maximum Gasteiger partial charge on any atom is 0.168 e. The fourth-order valence-electron chi connectivity index (χ4n) is 1.06. The summed E-state index contributed by atoms with van der Waals surface area (Å²) in [5.41, 5.74) is 0.0833. The summed E-state index contributed by atoms with van der Waals surface area (Å²) in [6, 6.07) is 1.61. The Labute approximate surface area is 74.4 Å². The first kappa shape index (κ1) is 9.92. The molecule has 1 unspecified atom stereocenters. The van der Waals surface area contributed by atoms with Gasteiger partial charge in [-0.15, -0.1) is 0 Å². The van der Waals surface area contributed by atoms with Gasteiger partial charge in [0.1, 0.15) is 5.82 Å². The van der Waals surface area contributed by atoms with Gasteiger partial charge in [-0.05, 0) is 6.07 Å². The number of hydrogen-bond acceptors (Lipinski definition) is 2. The molecular weight excluding hydrogens is 178 g/mol.